The Morgan fingerprint density at radius 1 is 1.25 bits per heavy atom. The highest BCUT2D eigenvalue weighted by molar-refractivity contribution is 6.30. The number of halogens is 1. The minimum absolute atomic E-state index is 0.141. The molecule has 2 amide bonds. The number of carbonyl (C=O) groups is 2. The normalized spacial score (nSPS) is 19.6. The van der Waals surface area contributed by atoms with Gasteiger partial charge in [0.25, 0.3) is 0 Å². The van der Waals surface area contributed by atoms with E-state index in [2.05, 4.69) is 20.7 Å². The summed E-state index contributed by atoms with van der Waals surface area (Å²) >= 11 is 6.15. The molecular weight excluding hydrogens is 430 g/mol. The first-order valence-electron chi connectivity index (χ1n) is 10.3. The fraction of sp³-hybridized carbons (Fsp3) is 0.318. The van der Waals surface area contributed by atoms with E-state index in [0.29, 0.717) is 23.7 Å². The molecule has 1 saturated heterocycles. The lowest BCUT2D eigenvalue weighted by atomic mass is 9.96. The average molecular weight is 454 g/mol. The highest BCUT2D eigenvalue weighted by Crippen LogP contribution is 2.33. The van der Waals surface area contributed by atoms with Crippen molar-refractivity contribution < 1.29 is 9.59 Å². The van der Waals surface area contributed by atoms with Crippen LogP contribution in [0.3, 0.4) is 0 Å². The molecule has 1 aromatic heterocycles. The lowest BCUT2D eigenvalue weighted by Gasteiger charge is -2.28. The van der Waals surface area contributed by atoms with Gasteiger partial charge in [0.15, 0.2) is 6.33 Å². The number of benzene rings is 2. The molecule has 0 aliphatic carbocycles. The number of rotatable bonds is 7. The molecule has 10 heteroatoms. The molecule has 9 nitrogen and oxygen atoms in total. The Morgan fingerprint density at radius 2 is 2.03 bits per heavy atom. The van der Waals surface area contributed by atoms with E-state index < -0.39 is 18.0 Å². The number of nitrogens with zero attached hydrogens (tertiary/aromatic N) is 5. The zero-order valence-corrected chi connectivity index (χ0v) is 18.3. The van der Waals surface area contributed by atoms with Gasteiger partial charge in [-0.3, -0.25) is 14.5 Å². The summed E-state index contributed by atoms with van der Waals surface area (Å²) in [6.45, 7) is 2.59. The second-order valence-electron chi connectivity index (χ2n) is 7.85. The predicted molar refractivity (Wildman–Crippen MR) is 119 cm³/mol. The SMILES string of the molecule is C[C@@H](C(=O)NCc1cc(Cl)ccc1-n1ncnn1)N1CC(c2ccccc2)CC1C(N)=O. The van der Waals surface area contributed by atoms with Crippen LogP contribution < -0.4 is 11.1 Å². The van der Waals surface area contributed by atoms with Crippen molar-refractivity contribution in [2.75, 3.05) is 6.54 Å². The van der Waals surface area contributed by atoms with Crippen LogP contribution in [0, 0.1) is 0 Å². The van der Waals surface area contributed by atoms with Gasteiger partial charge >= 0.3 is 0 Å². The number of aromatic nitrogens is 4. The average Bonchev–Trinajstić information content (AvgIpc) is 3.48. The van der Waals surface area contributed by atoms with Gasteiger partial charge in [0, 0.05) is 23.7 Å². The molecule has 0 radical (unpaired) electrons. The van der Waals surface area contributed by atoms with Gasteiger partial charge in [-0.15, -0.1) is 15.0 Å². The molecule has 1 fully saturated rings. The number of tetrazole rings is 1. The molecule has 166 valence electrons. The summed E-state index contributed by atoms with van der Waals surface area (Å²) in [5, 5.41) is 15.2. The van der Waals surface area contributed by atoms with Crippen LogP contribution in [0.1, 0.15) is 30.4 Å². The minimum Gasteiger partial charge on any atom is -0.368 e. The Labute approximate surface area is 190 Å². The largest absolute Gasteiger partial charge is 0.368 e. The van der Waals surface area contributed by atoms with Crippen LogP contribution in [-0.2, 0) is 16.1 Å². The number of primary amides is 1. The van der Waals surface area contributed by atoms with Crippen LogP contribution in [0.4, 0.5) is 0 Å². The van der Waals surface area contributed by atoms with Crippen LogP contribution in [0.5, 0.6) is 0 Å². The molecule has 2 aromatic carbocycles. The summed E-state index contributed by atoms with van der Waals surface area (Å²) in [5.41, 5.74) is 8.22. The van der Waals surface area contributed by atoms with Gasteiger partial charge in [-0.1, -0.05) is 41.9 Å². The van der Waals surface area contributed by atoms with E-state index in [-0.39, 0.29) is 18.4 Å². The highest BCUT2D eigenvalue weighted by atomic mass is 35.5. The van der Waals surface area contributed by atoms with Gasteiger partial charge in [0.2, 0.25) is 11.8 Å². The summed E-state index contributed by atoms with van der Waals surface area (Å²) in [7, 11) is 0. The highest BCUT2D eigenvalue weighted by Gasteiger charge is 2.40. The molecule has 3 N–H and O–H groups in total. The topological polar surface area (TPSA) is 119 Å². The number of nitrogens with two attached hydrogens (primary N) is 1. The van der Waals surface area contributed by atoms with E-state index >= 15 is 0 Å². The zero-order valence-electron chi connectivity index (χ0n) is 17.6. The molecule has 0 bridgehead atoms. The van der Waals surface area contributed by atoms with E-state index in [9.17, 15) is 9.59 Å². The standard InChI is InChI=1S/C22H24ClN7O2/c1-14(29-12-17(10-20(29)21(24)31)15-5-3-2-4-6-15)22(32)25-11-16-9-18(23)7-8-19(16)30-27-13-26-28-30/h2-9,13-14,17,20H,10-12H2,1H3,(H2,24,31)(H,25,32)/t14-,17?,20?/m0/s1. The number of amides is 2. The predicted octanol–water partition coefficient (Wildman–Crippen LogP) is 1.66. The van der Waals surface area contributed by atoms with Crippen molar-refractivity contribution in [1.82, 2.24) is 30.4 Å². The van der Waals surface area contributed by atoms with Crippen molar-refractivity contribution in [3.63, 3.8) is 0 Å². The Balaban J connectivity index is 1.47. The first-order valence-corrected chi connectivity index (χ1v) is 10.7. The van der Waals surface area contributed by atoms with E-state index in [1.165, 1.54) is 11.1 Å². The number of nitrogens with one attached hydrogen (secondary N) is 1. The fourth-order valence-corrected chi connectivity index (χ4v) is 4.38. The van der Waals surface area contributed by atoms with Crippen LogP contribution in [0.25, 0.3) is 5.69 Å². The van der Waals surface area contributed by atoms with Crippen molar-refractivity contribution in [2.24, 2.45) is 5.73 Å². The first-order chi connectivity index (χ1) is 15.4. The van der Waals surface area contributed by atoms with Gasteiger partial charge in [0.1, 0.15) is 0 Å². The summed E-state index contributed by atoms with van der Waals surface area (Å²) in [5.74, 6) is -0.484. The smallest absolute Gasteiger partial charge is 0.237 e. The summed E-state index contributed by atoms with van der Waals surface area (Å²) in [6.07, 6.45) is 1.92. The molecule has 0 saturated carbocycles. The summed E-state index contributed by atoms with van der Waals surface area (Å²) in [6, 6.07) is 14.2. The second kappa shape index (κ2) is 9.46. The molecule has 2 heterocycles. The quantitative estimate of drug-likeness (QED) is 0.561. The maximum Gasteiger partial charge on any atom is 0.237 e. The van der Waals surface area contributed by atoms with Gasteiger partial charge in [-0.25, -0.2) is 0 Å². The molecule has 3 atom stereocenters. The lowest BCUT2D eigenvalue weighted by molar-refractivity contribution is -0.129. The van der Waals surface area contributed by atoms with Crippen LogP contribution in [0.2, 0.25) is 5.02 Å². The van der Waals surface area contributed by atoms with E-state index in [1.54, 1.807) is 25.1 Å². The Bertz CT molecular complexity index is 1090. The number of hydrogen-bond acceptors (Lipinski definition) is 6. The third-order valence-electron chi connectivity index (χ3n) is 5.87. The first kappa shape index (κ1) is 21.9. The van der Waals surface area contributed by atoms with Gasteiger partial charge < -0.3 is 11.1 Å². The minimum atomic E-state index is -0.534. The van der Waals surface area contributed by atoms with Crippen molar-refractivity contribution in [1.29, 1.82) is 0 Å². The van der Waals surface area contributed by atoms with Crippen molar-refractivity contribution in [3.8, 4) is 5.69 Å². The Kier molecular flexibility index (Phi) is 6.48. The molecule has 4 rings (SSSR count). The second-order valence-corrected chi connectivity index (χ2v) is 8.29. The maximum atomic E-state index is 13.0. The third kappa shape index (κ3) is 4.63. The number of carbonyl (C=O) groups excluding carboxylic acids is 2. The number of likely N-dealkylation sites (tertiary alicyclic amines) is 1. The zero-order chi connectivity index (χ0) is 22.7. The van der Waals surface area contributed by atoms with Crippen LogP contribution in [-0.4, -0.2) is 55.5 Å². The maximum absolute atomic E-state index is 13.0. The van der Waals surface area contributed by atoms with Gasteiger partial charge in [-0.05, 0) is 48.2 Å². The van der Waals surface area contributed by atoms with Crippen molar-refractivity contribution >= 4 is 23.4 Å². The Hall–Kier alpha value is -3.30. The molecule has 1 aliphatic heterocycles. The van der Waals surface area contributed by atoms with E-state index in [4.69, 9.17) is 17.3 Å². The molecular formula is C22H24ClN7O2. The van der Waals surface area contributed by atoms with Crippen molar-refractivity contribution in [3.05, 3.63) is 71.0 Å². The lowest BCUT2D eigenvalue weighted by Crippen LogP contribution is -2.51. The molecule has 1 aliphatic rings. The van der Waals surface area contributed by atoms with E-state index in [0.717, 1.165) is 11.1 Å². The van der Waals surface area contributed by atoms with Gasteiger partial charge in [-0.2, -0.15) is 0 Å². The Morgan fingerprint density at radius 3 is 2.72 bits per heavy atom. The molecule has 0 spiro atoms. The van der Waals surface area contributed by atoms with Crippen LogP contribution >= 0.6 is 11.6 Å². The molecule has 32 heavy (non-hydrogen) atoms. The third-order valence-corrected chi connectivity index (χ3v) is 6.11. The summed E-state index contributed by atoms with van der Waals surface area (Å²) in [4.78, 5) is 28.4. The van der Waals surface area contributed by atoms with Crippen LogP contribution in [0.15, 0.2) is 54.9 Å². The monoisotopic (exact) mass is 453 g/mol. The molecule has 3 aromatic rings. The van der Waals surface area contributed by atoms with Crippen molar-refractivity contribution in [2.45, 2.75) is 37.9 Å². The summed E-state index contributed by atoms with van der Waals surface area (Å²) < 4.78 is 0. The fourth-order valence-electron chi connectivity index (χ4n) is 4.18. The number of hydrogen-bond donors (Lipinski definition) is 2. The molecule has 2 unspecified atom stereocenters. The van der Waals surface area contributed by atoms with E-state index in [1.807, 2.05) is 35.2 Å². The van der Waals surface area contributed by atoms with Gasteiger partial charge in [0.05, 0.1) is 17.8 Å².